The molecule has 1 aliphatic rings. The third-order valence-corrected chi connectivity index (χ3v) is 5.36. The van der Waals surface area contributed by atoms with Crippen LogP contribution in [0.4, 0.5) is 0 Å². The Hall–Kier alpha value is -2.88. The SMILES string of the molecule is Cn1c(C[C@@H](NC(=O)C[C@@H]2C=CCC2)c2ccccc2)nc2ccccc21. The zero-order valence-corrected chi connectivity index (χ0v) is 15.6. The molecular formula is C23H25N3O. The molecule has 2 aromatic carbocycles. The van der Waals surface area contributed by atoms with Gasteiger partial charge in [0.25, 0.3) is 0 Å². The first-order valence-electron chi connectivity index (χ1n) is 9.62. The van der Waals surface area contributed by atoms with Crippen molar-refractivity contribution in [2.24, 2.45) is 13.0 Å². The lowest BCUT2D eigenvalue weighted by Crippen LogP contribution is -2.31. The summed E-state index contributed by atoms with van der Waals surface area (Å²) in [5.74, 6) is 1.46. The maximum Gasteiger partial charge on any atom is 0.221 e. The molecule has 1 amide bonds. The van der Waals surface area contributed by atoms with Crippen molar-refractivity contribution in [1.82, 2.24) is 14.9 Å². The Morgan fingerprint density at radius 2 is 1.96 bits per heavy atom. The fourth-order valence-electron chi connectivity index (χ4n) is 3.85. The van der Waals surface area contributed by atoms with Gasteiger partial charge in [-0.25, -0.2) is 4.98 Å². The third-order valence-electron chi connectivity index (χ3n) is 5.36. The van der Waals surface area contributed by atoms with Gasteiger partial charge in [0.1, 0.15) is 5.82 Å². The molecule has 1 N–H and O–H groups in total. The molecule has 3 aromatic rings. The molecule has 4 heteroatoms. The second kappa shape index (κ2) is 7.78. The Balaban J connectivity index is 1.56. The van der Waals surface area contributed by atoms with E-state index in [2.05, 4.69) is 40.2 Å². The number of rotatable bonds is 6. The van der Waals surface area contributed by atoms with Crippen molar-refractivity contribution >= 4 is 16.9 Å². The number of aromatic nitrogens is 2. The predicted molar refractivity (Wildman–Crippen MR) is 108 cm³/mol. The van der Waals surface area contributed by atoms with Crippen LogP contribution >= 0.6 is 0 Å². The average Bonchev–Trinajstić information content (AvgIpc) is 3.30. The molecule has 4 nitrogen and oxygen atoms in total. The van der Waals surface area contributed by atoms with E-state index in [0.29, 0.717) is 18.8 Å². The Bertz CT molecular complexity index is 958. The van der Waals surface area contributed by atoms with Crippen LogP contribution in [0.2, 0.25) is 0 Å². The molecule has 0 saturated heterocycles. The number of hydrogen-bond donors (Lipinski definition) is 1. The summed E-state index contributed by atoms with van der Waals surface area (Å²) in [7, 11) is 2.04. The average molecular weight is 359 g/mol. The van der Waals surface area contributed by atoms with Gasteiger partial charge in [-0.3, -0.25) is 4.79 Å². The Morgan fingerprint density at radius 3 is 2.70 bits per heavy atom. The van der Waals surface area contributed by atoms with Gasteiger partial charge in [-0.05, 0) is 36.5 Å². The number of hydrogen-bond acceptors (Lipinski definition) is 2. The predicted octanol–water partition coefficient (Wildman–Crippen LogP) is 4.33. The van der Waals surface area contributed by atoms with Gasteiger partial charge >= 0.3 is 0 Å². The molecule has 2 atom stereocenters. The van der Waals surface area contributed by atoms with Crippen LogP contribution in [0.1, 0.15) is 36.7 Å². The summed E-state index contributed by atoms with van der Waals surface area (Å²) in [6.07, 6.45) is 7.73. The molecule has 0 spiro atoms. The van der Waals surface area contributed by atoms with Crippen LogP contribution in [0.15, 0.2) is 66.7 Å². The number of imidazole rings is 1. The number of benzene rings is 2. The maximum atomic E-state index is 12.7. The first-order valence-corrected chi connectivity index (χ1v) is 9.62. The van der Waals surface area contributed by atoms with Crippen LogP contribution in [0, 0.1) is 5.92 Å². The van der Waals surface area contributed by atoms with Gasteiger partial charge in [-0.15, -0.1) is 0 Å². The van der Waals surface area contributed by atoms with E-state index in [9.17, 15) is 4.79 Å². The van der Waals surface area contributed by atoms with E-state index in [1.165, 1.54) is 0 Å². The second-order valence-electron chi connectivity index (χ2n) is 7.28. The zero-order chi connectivity index (χ0) is 18.6. The van der Waals surface area contributed by atoms with Crippen molar-refractivity contribution < 1.29 is 4.79 Å². The molecule has 1 aliphatic carbocycles. The van der Waals surface area contributed by atoms with Gasteiger partial charge in [0.2, 0.25) is 5.91 Å². The van der Waals surface area contributed by atoms with Crippen molar-refractivity contribution in [2.45, 2.75) is 31.7 Å². The molecule has 0 radical (unpaired) electrons. The third kappa shape index (κ3) is 3.95. The fraction of sp³-hybridized carbons (Fsp3) is 0.304. The van der Waals surface area contributed by atoms with Crippen LogP contribution in [0.25, 0.3) is 11.0 Å². The van der Waals surface area contributed by atoms with Crippen molar-refractivity contribution in [3.8, 4) is 0 Å². The van der Waals surface area contributed by atoms with E-state index in [-0.39, 0.29) is 11.9 Å². The number of aryl methyl sites for hydroxylation is 1. The molecule has 27 heavy (non-hydrogen) atoms. The molecule has 0 bridgehead atoms. The van der Waals surface area contributed by atoms with Gasteiger partial charge in [0.15, 0.2) is 0 Å². The lowest BCUT2D eigenvalue weighted by molar-refractivity contribution is -0.122. The monoisotopic (exact) mass is 359 g/mol. The minimum Gasteiger partial charge on any atom is -0.349 e. The van der Waals surface area contributed by atoms with E-state index in [0.717, 1.165) is 35.3 Å². The normalized spacial score (nSPS) is 17.3. The van der Waals surface area contributed by atoms with Crippen molar-refractivity contribution in [3.05, 3.63) is 78.1 Å². The van der Waals surface area contributed by atoms with Crippen molar-refractivity contribution in [1.29, 1.82) is 0 Å². The smallest absolute Gasteiger partial charge is 0.221 e. The molecule has 0 unspecified atom stereocenters. The van der Waals surface area contributed by atoms with Crippen molar-refractivity contribution in [2.75, 3.05) is 0 Å². The van der Waals surface area contributed by atoms with Crippen LogP contribution in [0.5, 0.6) is 0 Å². The quantitative estimate of drug-likeness (QED) is 0.666. The minimum absolute atomic E-state index is 0.0837. The van der Waals surface area contributed by atoms with Crippen LogP contribution in [0.3, 0.4) is 0 Å². The number of nitrogens with one attached hydrogen (secondary N) is 1. The number of nitrogens with zero attached hydrogens (tertiary/aromatic N) is 2. The first-order chi connectivity index (χ1) is 13.2. The lowest BCUT2D eigenvalue weighted by atomic mass is 10.0. The second-order valence-corrected chi connectivity index (χ2v) is 7.28. The van der Waals surface area contributed by atoms with Crippen molar-refractivity contribution in [3.63, 3.8) is 0 Å². The number of carbonyl (C=O) groups excluding carboxylic acids is 1. The highest BCUT2D eigenvalue weighted by atomic mass is 16.1. The summed E-state index contributed by atoms with van der Waals surface area (Å²) < 4.78 is 2.12. The Labute approximate surface area is 159 Å². The summed E-state index contributed by atoms with van der Waals surface area (Å²) >= 11 is 0. The number of fused-ring (bicyclic) bond motifs is 1. The summed E-state index contributed by atoms with van der Waals surface area (Å²) in [4.78, 5) is 17.4. The molecule has 0 saturated carbocycles. The lowest BCUT2D eigenvalue weighted by Gasteiger charge is -2.20. The maximum absolute atomic E-state index is 12.7. The number of para-hydroxylation sites is 2. The highest BCUT2D eigenvalue weighted by Gasteiger charge is 2.21. The van der Waals surface area contributed by atoms with Gasteiger partial charge < -0.3 is 9.88 Å². The van der Waals surface area contributed by atoms with Crippen LogP contribution < -0.4 is 5.32 Å². The topological polar surface area (TPSA) is 46.9 Å². The fourth-order valence-corrected chi connectivity index (χ4v) is 3.85. The van der Waals surface area contributed by atoms with E-state index < -0.39 is 0 Å². The van der Waals surface area contributed by atoms with Gasteiger partial charge in [-0.2, -0.15) is 0 Å². The van der Waals surface area contributed by atoms with E-state index in [1.807, 2.05) is 43.4 Å². The summed E-state index contributed by atoms with van der Waals surface area (Å²) in [5.41, 5.74) is 3.21. The van der Waals surface area contributed by atoms with Gasteiger partial charge in [0.05, 0.1) is 17.1 Å². The summed E-state index contributed by atoms with van der Waals surface area (Å²) in [5, 5.41) is 3.25. The molecule has 1 aromatic heterocycles. The van der Waals surface area contributed by atoms with Crippen LogP contribution in [-0.4, -0.2) is 15.5 Å². The minimum atomic E-state index is -0.0837. The molecule has 0 aliphatic heterocycles. The summed E-state index contributed by atoms with van der Waals surface area (Å²) in [6.45, 7) is 0. The standard InChI is InChI=1S/C23H25N3O/c1-26-21-14-8-7-13-19(21)24-22(26)16-20(18-11-3-2-4-12-18)25-23(27)15-17-9-5-6-10-17/h2-5,7-9,11-14,17,20H,6,10,15-16H2,1H3,(H,25,27)/t17-,20-/m1/s1. The number of allylic oxidation sites excluding steroid dienone is 2. The van der Waals surface area contributed by atoms with E-state index in [1.54, 1.807) is 0 Å². The molecular weight excluding hydrogens is 334 g/mol. The van der Waals surface area contributed by atoms with Gasteiger partial charge in [-0.1, -0.05) is 54.6 Å². The number of amides is 1. The van der Waals surface area contributed by atoms with Gasteiger partial charge in [0, 0.05) is 19.9 Å². The van der Waals surface area contributed by atoms with Crippen LogP contribution in [-0.2, 0) is 18.3 Å². The molecule has 1 heterocycles. The summed E-state index contributed by atoms with van der Waals surface area (Å²) in [6, 6.07) is 18.2. The van der Waals surface area contributed by atoms with E-state index in [4.69, 9.17) is 4.98 Å². The zero-order valence-electron chi connectivity index (χ0n) is 15.6. The molecule has 0 fully saturated rings. The molecule has 4 rings (SSSR count). The molecule has 138 valence electrons. The Morgan fingerprint density at radius 1 is 1.19 bits per heavy atom. The largest absolute Gasteiger partial charge is 0.349 e. The highest BCUT2D eigenvalue weighted by Crippen LogP contribution is 2.24. The Kier molecular flexibility index (Phi) is 5.05. The highest BCUT2D eigenvalue weighted by molar-refractivity contribution is 5.77. The number of carbonyl (C=O) groups is 1. The van der Waals surface area contributed by atoms with E-state index >= 15 is 0 Å². The first kappa shape index (κ1) is 17.5.